The smallest absolute Gasteiger partial charge is 0.346 e. The van der Waals surface area contributed by atoms with Crippen molar-refractivity contribution < 1.29 is 28.2 Å². The van der Waals surface area contributed by atoms with Gasteiger partial charge in [-0.05, 0) is 102 Å². The standard InChI is InChI=1S/C31H26F2O4/c1-4-21-26-15-19(36-30(34)24-9-5-17(2)13-28(24)32)7-11-22(26)23-12-8-20(16-27(21)23)37-31(35)25-10-6-18(3)14-29(25)33/h5-16,21,30,34H,4H2,1-3H3. The number of benzene rings is 4. The Morgan fingerprint density at radius 2 is 1.43 bits per heavy atom. The predicted octanol–water partition coefficient (Wildman–Crippen LogP) is 7.39. The Balaban J connectivity index is 1.39. The average Bonchev–Trinajstić information content (AvgIpc) is 3.15. The molecule has 0 saturated heterocycles. The number of rotatable bonds is 6. The summed E-state index contributed by atoms with van der Waals surface area (Å²) in [4.78, 5) is 12.6. The molecule has 37 heavy (non-hydrogen) atoms. The van der Waals surface area contributed by atoms with Crippen molar-refractivity contribution in [1.29, 1.82) is 0 Å². The van der Waals surface area contributed by atoms with Gasteiger partial charge in [0.15, 0.2) is 0 Å². The number of aliphatic hydroxyl groups is 1. The molecule has 0 amide bonds. The summed E-state index contributed by atoms with van der Waals surface area (Å²) < 4.78 is 39.7. The van der Waals surface area contributed by atoms with Gasteiger partial charge in [0.25, 0.3) is 0 Å². The first-order valence-corrected chi connectivity index (χ1v) is 12.1. The molecule has 0 radical (unpaired) electrons. The summed E-state index contributed by atoms with van der Waals surface area (Å²) in [7, 11) is 0. The normalized spacial score (nSPS) is 14.6. The predicted molar refractivity (Wildman–Crippen MR) is 137 cm³/mol. The van der Waals surface area contributed by atoms with Gasteiger partial charge in [-0.2, -0.15) is 0 Å². The van der Waals surface area contributed by atoms with Crippen LogP contribution in [0.5, 0.6) is 11.5 Å². The van der Waals surface area contributed by atoms with Crippen LogP contribution in [-0.2, 0) is 0 Å². The quantitative estimate of drug-likeness (QED) is 0.170. The summed E-state index contributed by atoms with van der Waals surface area (Å²) in [5.74, 6) is -1.16. The molecule has 0 heterocycles. The lowest BCUT2D eigenvalue weighted by Gasteiger charge is -2.17. The number of esters is 1. The molecule has 6 heteroatoms. The molecule has 0 aliphatic heterocycles. The highest BCUT2D eigenvalue weighted by Gasteiger charge is 2.29. The molecule has 0 bridgehead atoms. The minimum absolute atomic E-state index is 0.00318. The zero-order valence-electron chi connectivity index (χ0n) is 20.7. The highest BCUT2D eigenvalue weighted by Crippen LogP contribution is 2.48. The SMILES string of the molecule is CCC1c2cc(OC(=O)c3ccc(C)cc3F)ccc2-c2ccc(OC(O)c3ccc(C)cc3F)cc21. The molecule has 4 nitrogen and oxygen atoms in total. The third-order valence-electron chi connectivity index (χ3n) is 6.72. The number of aryl methyl sites for hydroxylation is 2. The van der Waals surface area contributed by atoms with Crippen LogP contribution in [0.1, 0.15) is 63.7 Å². The van der Waals surface area contributed by atoms with Crippen molar-refractivity contribution >= 4 is 5.97 Å². The van der Waals surface area contributed by atoms with E-state index in [-0.39, 0.29) is 17.0 Å². The second-order valence-electron chi connectivity index (χ2n) is 9.33. The highest BCUT2D eigenvalue weighted by molar-refractivity contribution is 5.91. The molecule has 0 saturated carbocycles. The highest BCUT2D eigenvalue weighted by atomic mass is 19.1. The molecule has 2 atom stereocenters. The first kappa shape index (κ1) is 24.7. The van der Waals surface area contributed by atoms with E-state index >= 15 is 0 Å². The number of hydrogen-bond acceptors (Lipinski definition) is 4. The molecule has 4 aromatic rings. The number of hydrogen-bond donors (Lipinski definition) is 1. The summed E-state index contributed by atoms with van der Waals surface area (Å²) in [6, 6.07) is 19.9. The van der Waals surface area contributed by atoms with Gasteiger partial charge in [-0.3, -0.25) is 0 Å². The van der Waals surface area contributed by atoms with Gasteiger partial charge in [0.05, 0.1) is 11.1 Å². The Morgan fingerprint density at radius 3 is 2.05 bits per heavy atom. The van der Waals surface area contributed by atoms with Crippen LogP contribution >= 0.6 is 0 Å². The van der Waals surface area contributed by atoms with Crippen molar-refractivity contribution in [2.75, 3.05) is 0 Å². The maximum Gasteiger partial charge on any atom is 0.346 e. The van der Waals surface area contributed by atoms with E-state index in [1.54, 1.807) is 38.1 Å². The minimum atomic E-state index is -1.45. The maximum absolute atomic E-state index is 14.3. The molecular formula is C31H26F2O4. The average molecular weight is 501 g/mol. The van der Waals surface area contributed by atoms with E-state index in [1.807, 2.05) is 31.2 Å². The molecule has 1 aliphatic rings. The number of carbonyl (C=O) groups excluding carboxylic acids is 1. The Kier molecular flexibility index (Phi) is 6.52. The van der Waals surface area contributed by atoms with E-state index in [4.69, 9.17) is 9.47 Å². The van der Waals surface area contributed by atoms with E-state index in [2.05, 4.69) is 0 Å². The van der Waals surface area contributed by atoms with E-state index in [0.717, 1.165) is 39.8 Å². The fraction of sp³-hybridized carbons (Fsp3) is 0.194. The zero-order chi connectivity index (χ0) is 26.3. The van der Waals surface area contributed by atoms with E-state index in [0.29, 0.717) is 11.5 Å². The van der Waals surface area contributed by atoms with Gasteiger partial charge in [-0.1, -0.05) is 31.2 Å². The first-order valence-electron chi connectivity index (χ1n) is 12.1. The van der Waals surface area contributed by atoms with Crippen molar-refractivity contribution in [2.24, 2.45) is 0 Å². The van der Waals surface area contributed by atoms with Gasteiger partial charge in [0.2, 0.25) is 6.29 Å². The van der Waals surface area contributed by atoms with Crippen molar-refractivity contribution in [3.8, 4) is 22.6 Å². The number of aliphatic hydroxyl groups excluding tert-OH is 1. The monoisotopic (exact) mass is 500 g/mol. The fourth-order valence-corrected chi connectivity index (χ4v) is 4.87. The second kappa shape index (κ2) is 9.79. The Bertz CT molecular complexity index is 1510. The molecule has 1 N–H and O–H groups in total. The van der Waals surface area contributed by atoms with E-state index < -0.39 is 23.9 Å². The Labute approximate surface area is 214 Å². The van der Waals surface area contributed by atoms with Crippen LogP contribution in [0.3, 0.4) is 0 Å². The molecular weight excluding hydrogens is 474 g/mol. The molecule has 0 spiro atoms. The lowest BCUT2D eigenvalue weighted by Crippen LogP contribution is -2.11. The van der Waals surface area contributed by atoms with Gasteiger partial charge in [-0.25, -0.2) is 13.6 Å². The summed E-state index contributed by atoms with van der Waals surface area (Å²) in [5, 5.41) is 10.5. The van der Waals surface area contributed by atoms with Crippen LogP contribution in [0.15, 0.2) is 72.8 Å². The molecule has 1 aliphatic carbocycles. The zero-order valence-corrected chi connectivity index (χ0v) is 20.7. The molecule has 0 aromatic heterocycles. The summed E-state index contributed by atoms with van der Waals surface area (Å²) in [6.45, 7) is 5.57. The summed E-state index contributed by atoms with van der Waals surface area (Å²) >= 11 is 0. The molecule has 5 rings (SSSR count). The van der Waals surface area contributed by atoms with Gasteiger partial charge in [0, 0.05) is 5.92 Å². The maximum atomic E-state index is 14.3. The third-order valence-corrected chi connectivity index (χ3v) is 6.72. The van der Waals surface area contributed by atoms with Crippen LogP contribution in [0.4, 0.5) is 8.78 Å². The molecule has 2 unspecified atom stereocenters. The van der Waals surface area contributed by atoms with Crippen LogP contribution < -0.4 is 9.47 Å². The van der Waals surface area contributed by atoms with E-state index in [9.17, 15) is 18.7 Å². The van der Waals surface area contributed by atoms with Crippen molar-refractivity contribution in [2.45, 2.75) is 39.4 Å². The van der Waals surface area contributed by atoms with Gasteiger partial charge in [-0.15, -0.1) is 0 Å². The van der Waals surface area contributed by atoms with Gasteiger partial charge >= 0.3 is 5.97 Å². The Hall–Kier alpha value is -4.03. The van der Waals surface area contributed by atoms with Gasteiger partial charge in [0.1, 0.15) is 23.1 Å². The number of ether oxygens (including phenoxy) is 2. The first-order chi connectivity index (χ1) is 17.7. The fourth-order valence-electron chi connectivity index (χ4n) is 4.87. The summed E-state index contributed by atoms with van der Waals surface area (Å²) in [6.07, 6.45) is -0.682. The van der Waals surface area contributed by atoms with Crippen molar-refractivity contribution in [1.82, 2.24) is 0 Å². The summed E-state index contributed by atoms with van der Waals surface area (Å²) in [5.41, 5.74) is 5.41. The molecule has 188 valence electrons. The molecule has 0 fully saturated rings. The van der Waals surface area contributed by atoms with Crippen LogP contribution in [0.25, 0.3) is 11.1 Å². The number of halogens is 2. The lowest BCUT2D eigenvalue weighted by atomic mass is 9.94. The van der Waals surface area contributed by atoms with Crippen LogP contribution in [0.2, 0.25) is 0 Å². The number of fused-ring (bicyclic) bond motifs is 3. The van der Waals surface area contributed by atoms with Crippen LogP contribution in [0, 0.1) is 25.5 Å². The second-order valence-corrected chi connectivity index (χ2v) is 9.33. The van der Waals surface area contributed by atoms with Gasteiger partial charge < -0.3 is 14.6 Å². The van der Waals surface area contributed by atoms with Crippen LogP contribution in [-0.4, -0.2) is 11.1 Å². The number of carbonyl (C=O) groups is 1. The minimum Gasteiger partial charge on any atom is -0.461 e. The molecule has 4 aromatic carbocycles. The largest absolute Gasteiger partial charge is 0.461 e. The Morgan fingerprint density at radius 1 is 0.838 bits per heavy atom. The topological polar surface area (TPSA) is 55.8 Å². The van der Waals surface area contributed by atoms with Crippen molar-refractivity contribution in [3.63, 3.8) is 0 Å². The van der Waals surface area contributed by atoms with E-state index in [1.165, 1.54) is 24.3 Å². The third kappa shape index (κ3) is 4.72. The van der Waals surface area contributed by atoms with Crippen molar-refractivity contribution in [3.05, 3.63) is 118 Å². The lowest BCUT2D eigenvalue weighted by molar-refractivity contribution is -0.0220.